The maximum Gasteiger partial charge on any atom is -1.00 e. The number of fused-ring (bicyclic) bond motifs is 1. The van der Waals surface area contributed by atoms with E-state index in [-0.39, 0.29) is 74.6 Å². The molecule has 1 saturated carbocycles. The van der Waals surface area contributed by atoms with Gasteiger partial charge in [0.25, 0.3) is 0 Å². The third-order valence-corrected chi connectivity index (χ3v) is 9.12. The van der Waals surface area contributed by atoms with E-state index >= 15 is 0 Å². The van der Waals surface area contributed by atoms with E-state index in [2.05, 4.69) is 7.12 Å². The molecule has 1 heterocycles. The van der Waals surface area contributed by atoms with Crippen LogP contribution in [-0.2, 0) is 26.5 Å². The molecule has 0 radical (unpaired) electrons. The number of nitro benzene ring substituents is 2. The molecule has 2 aromatic rings. The first-order chi connectivity index (χ1) is 18.1. The smallest absolute Gasteiger partial charge is 1.00 e. The van der Waals surface area contributed by atoms with Gasteiger partial charge < -0.3 is 24.0 Å². The van der Waals surface area contributed by atoms with Crippen LogP contribution in [0.2, 0.25) is 0 Å². The van der Waals surface area contributed by atoms with Crippen molar-refractivity contribution in [2.75, 3.05) is 0 Å². The largest absolute Gasteiger partial charge is 1.00 e. The molecule has 0 unspecified atom stereocenters. The van der Waals surface area contributed by atoms with Crippen LogP contribution in [0.5, 0.6) is 11.5 Å². The molecule has 10 nitrogen and oxygen atoms in total. The molecule has 1 aliphatic carbocycles. The molecule has 2 N–H and O–H groups in total. The summed E-state index contributed by atoms with van der Waals surface area (Å²) in [7, 11) is 0. The molecule has 0 bridgehead atoms. The first-order valence-corrected chi connectivity index (χ1v) is 14.2. The number of rotatable bonds is 4. The van der Waals surface area contributed by atoms with Crippen LogP contribution in [0, 0.1) is 20.2 Å². The number of hydrogen-bond acceptors (Lipinski definition) is 6. The minimum Gasteiger partial charge on any atom is -1.00 e. The molecule has 0 spiro atoms. The summed E-state index contributed by atoms with van der Waals surface area (Å²) >= 11 is -0.308. The van der Waals surface area contributed by atoms with Crippen molar-refractivity contribution in [2.24, 2.45) is 0 Å². The van der Waals surface area contributed by atoms with Crippen molar-refractivity contribution >= 4 is 23.8 Å². The number of benzene rings is 2. The molecular formula is C28H36CrIN4O6+. The van der Waals surface area contributed by atoms with Crippen LogP contribution >= 0.6 is 0 Å². The van der Waals surface area contributed by atoms with Crippen molar-refractivity contribution < 1.29 is 66.8 Å². The fraction of sp³-hybridized carbons (Fsp3) is 0.500. The van der Waals surface area contributed by atoms with Gasteiger partial charge in [-0.25, -0.2) is 0 Å². The van der Waals surface area contributed by atoms with E-state index < -0.39 is 20.7 Å². The number of hydrogen-bond donors (Lipinski definition) is 2. The number of phenols is 2. The third-order valence-electron chi connectivity index (χ3n) is 7.35. The number of phenolic OH excluding ortho intramolecular Hbond substituents is 2. The minimum atomic E-state index is -0.494. The Labute approximate surface area is 257 Å². The molecule has 2 aliphatic rings. The van der Waals surface area contributed by atoms with Crippen molar-refractivity contribution in [1.82, 2.24) is 0 Å². The second-order valence-corrected chi connectivity index (χ2v) is 13.9. The molecule has 0 amide bonds. The van der Waals surface area contributed by atoms with Gasteiger partial charge in [-0.2, -0.15) is 0 Å². The van der Waals surface area contributed by atoms with E-state index in [9.17, 15) is 30.4 Å². The minimum absolute atomic E-state index is 0. The fourth-order valence-electron chi connectivity index (χ4n) is 5.26. The number of non-ortho nitro benzene ring substituents is 2. The number of nitrogens with zero attached hydrogens (tertiary/aromatic N) is 4. The van der Waals surface area contributed by atoms with E-state index in [4.69, 9.17) is 0 Å². The average molecular weight is 704 g/mol. The quantitative estimate of drug-likeness (QED) is 0.286. The first-order valence-electron chi connectivity index (χ1n) is 13.1. The van der Waals surface area contributed by atoms with Crippen LogP contribution in [0.1, 0.15) is 89.5 Å². The Morgan fingerprint density at radius 1 is 0.775 bits per heavy atom. The summed E-state index contributed by atoms with van der Waals surface area (Å²) in [5.41, 5.74) is 0.680. The van der Waals surface area contributed by atoms with Crippen molar-refractivity contribution in [3.8, 4) is 11.5 Å². The van der Waals surface area contributed by atoms with Gasteiger partial charge >= 0.3 is 235 Å². The maximum absolute atomic E-state index is 11.7. The van der Waals surface area contributed by atoms with Crippen molar-refractivity contribution in [2.45, 2.75) is 90.1 Å². The Morgan fingerprint density at radius 2 is 1.12 bits per heavy atom. The average Bonchev–Trinajstić information content (AvgIpc) is 3.17. The Balaban J connectivity index is 0.00000441. The van der Waals surface area contributed by atoms with Gasteiger partial charge in [-0.15, -0.1) is 0 Å². The summed E-state index contributed by atoms with van der Waals surface area (Å²) in [6.45, 7) is 11.4. The summed E-state index contributed by atoms with van der Waals surface area (Å²) in [5.74, 6) is 0.0645. The van der Waals surface area contributed by atoms with Crippen LogP contribution in [0.25, 0.3) is 0 Å². The molecule has 1 aliphatic heterocycles. The van der Waals surface area contributed by atoms with Gasteiger partial charge in [-0.1, -0.05) is 0 Å². The Hall–Kier alpha value is -2.56. The van der Waals surface area contributed by atoms with E-state index in [0.717, 1.165) is 25.7 Å². The summed E-state index contributed by atoms with van der Waals surface area (Å²) in [4.78, 5) is 22.5. The number of nitro groups is 2. The number of aromatic hydroxyl groups is 2. The monoisotopic (exact) mass is 703 g/mol. The Morgan fingerprint density at radius 3 is 1.43 bits per heavy atom. The van der Waals surface area contributed by atoms with Gasteiger partial charge in [0.1, 0.15) is 0 Å². The second kappa shape index (κ2) is 11.7. The summed E-state index contributed by atoms with van der Waals surface area (Å²) < 4.78 is 4.30. The Kier molecular flexibility index (Phi) is 9.38. The third kappa shape index (κ3) is 6.50. The standard InChI is InChI=1S/C28H36N4O6.Cr.HI/c1-27(2,3)21-13-19(31(35)36)11-17(25(21)33)15-29-23-9-7-8-10-24(23)30-16-18-12-20(32(37)38)14-22(26(18)34)28(4,5)6;;/h11-16,23-24,33-34H,7-10H2,1-6H3;;1H/q;+2;/p-1/t23-,24-;;/m1../s1. The van der Waals surface area contributed by atoms with E-state index in [1.165, 1.54) is 24.3 Å². The van der Waals surface area contributed by atoms with Crippen molar-refractivity contribution in [1.29, 1.82) is 0 Å². The predicted molar refractivity (Wildman–Crippen MR) is 144 cm³/mol. The van der Waals surface area contributed by atoms with Gasteiger partial charge in [0.05, 0.1) is 0 Å². The maximum atomic E-state index is 11.7. The molecular weight excluding hydrogens is 667 g/mol. The molecule has 2 aromatic carbocycles. The zero-order chi connectivity index (χ0) is 28.9. The fourth-order valence-corrected chi connectivity index (χ4v) is 7.25. The molecule has 40 heavy (non-hydrogen) atoms. The van der Waals surface area contributed by atoms with E-state index in [1.54, 1.807) is 0 Å². The summed E-state index contributed by atoms with van der Waals surface area (Å²) in [6.07, 6.45) is 7.57. The molecule has 4 rings (SSSR count). The first kappa shape index (κ1) is 32.0. The van der Waals surface area contributed by atoms with Crippen LogP contribution in [-0.4, -0.2) is 51.7 Å². The van der Waals surface area contributed by atoms with Gasteiger partial charge in [0, 0.05) is 0 Å². The molecule has 0 aromatic heterocycles. The normalized spacial score (nSPS) is 21.2. The zero-order valence-corrected chi connectivity index (χ0v) is 27.0. The van der Waals surface area contributed by atoms with Gasteiger partial charge in [-0.3, -0.25) is 0 Å². The molecule has 12 heteroatoms. The number of halogens is 1. The van der Waals surface area contributed by atoms with Crippen molar-refractivity contribution in [3.63, 3.8) is 0 Å². The Bertz CT molecular complexity index is 1310. The van der Waals surface area contributed by atoms with Crippen LogP contribution in [0.3, 0.4) is 0 Å². The molecule has 2 fully saturated rings. The molecule has 216 valence electrons. The zero-order valence-electron chi connectivity index (χ0n) is 23.5. The summed E-state index contributed by atoms with van der Waals surface area (Å²) in [5, 5.41) is 45.6. The second-order valence-electron chi connectivity index (χ2n) is 12.4. The van der Waals surface area contributed by atoms with E-state index in [0.29, 0.717) is 22.3 Å². The van der Waals surface area contributed by atoms with Crippen LogP contribution in [0.4, 0.5) is 11.4 Å². The molecule has 2 atom stereocenters. The predicted octanol–water partition coefficient (Wildman–Crippen LogP) is 2.31. The van der Waals surface area contributed by atoms with Gasteiger partial charge in [0.15, 0.2) is 0 Å². The van der Waals surface area contributed by atoms with Crippen molar-refractivity contribution in [3.05, 3.63) is 66.7 Å². The van der Waals surface area contributed by atoms with Crippen LogP contribution < -0.4 is 24.0 Å². The SMILES string of the molecule is CC(C)(C)c1cc([N+](=O)[O-])cc(C=[N+]2[Cr][N+](=Cc3cc([N+](=O)[O-])cc(C(C)(C)C)c3O)[C@@H]3CCCC[C@H]32)c1O.[I-]. The molecule has 1 saturated heterocycles. The van der Waals surface area contributed by atoms with E-state index in [1.807, 2.05) is 54.0 Å². The van der Waals surface area contributed by atoms with Gasteiger partial charge in [-0.05, 0) is 0 Å². The topological polar surface area (TPSA) is 133 Å². The van der Waals surface area contributed by atoms with Crippen LogP contribution in [0.15, 0.2) is 24.3 Å². The van der Waals surface area contributed by atoms with Gasteiger partial charge in [0.2, 0.25) is 0 Å². The summed E-state index contributed by atoms with van der Waals surface area (Å²) in [6, 6.07) is 5.93.